The van der Waals surface area contributed by atoms with Crippen molar-refractivity contribution in [1.82, 2.24) is 10.2 Å². The van der Waals surface area contributed by atoms with Crippen LogP contribution in [0.1, 0.15) is 49.8 Å². The van der Waals surface area contributed by atoms with Crippen molar-refractivity contribution in [2.24, 2.45) is 0 Å². The Kier molecular flexibility index (Phi) is 10.8. The zero-order valence-corrected chi connectivity index (χ0v) is 24.4. The predicted molar refractivity (Wildman–Crippen MR) is 156 cm³/mol. The van der Waals surface area contributed by atoms with E-state index in [-0.39, 0.29) is 17.3 Å². The van der Waals surface area contributed by atoms with Crippen LogP contribution >= 0.6 is 0 Å². The highest BCUT2D eigenvalue weighted by Gasteiger charge is 2.33. The molecule has 0 aromatic heterocycles. The molecule has 7 nitrogen and oxygen atoms in total. The van der Waals surface area contributed by atoms with E-state index in [0.29, 0.717) is 18.7 Å². The maximum Gasteiger partial charge on any atom is 0.264 e. The van der Waals surface area contributed by atoms with Gasteiger partial charge in [0.25, 0.3) is 10.0 Å². The molecule has 0 saturated heterocycles. The quantitative estimate of drug-likeness (QED) is 0.282. The van der Waals surface area contributed by atoms with Crippen molar-refractivity contribution < 1.29 is 22.4 Å². The van der Waals surface area contributed by atoms with Crippen LogP contribution in [0.25, 0.3) is 0 Å². The number of benzene rings is 3. The minimum Gasteiger partial charge on any atom is -0.354 e. The van der Waals surface area contributed by atoms with Crippen LogP contribution in [0.3, 0.4) is 0 Å². The fourth-order valence-electron chi connectivity index (χ4n) is 4.37. The highest BCUT2D eigenvalue weighted by atomic mass is 32.2. The molecule has 0 fully saturated rings. The molecular formula is C31H38FN3O4S. The van der Waals surface area contributed by atoms with E-state index in [9.17, 15) is 22.4 Å². The van der Waals surface area contributed by atoms with Crippen molar-refractivity contribution in [3.63, 3.8) is 0 Å². The van der Waals surface area contributed by atoms with Gasteiger partial charge >= 0.3 is 0 Å². The molecule has 9 heteroatoms. The molecule has 3 rings (SSSR count). The van der Waals surface area contributed by atoms with E-state index >= 15 is 0 Å². The molecule has 2 amide bonds. The lowest BCUT2D eigenvalue weighted by atomic mass is 10.1. The number of rotatable bonds is 13. The monoisotopic (exact) mass is 567 g/mol. The van der Waals surface area contributed by atoms with E-state index in [0.717, 1.165) is 46.0 Å². The normalized spacial score (nSPS) is 12.0. The molecule has 40 heavy (non-hydrogen) atoms. The summed E-state index contributed by atoms with van der Waals surface area (Å²) in [7, 11) is -4.24. The average Bonchev–Trinajstić information content (AvgIpc) is 2.93. The molecule has 0 heterocycles. The van der Waals surface area contributed by atoms with Gasteiger partial charge in [-0.05, 0) is 74.2 Å². The number of aryl methyl sites for hydroxylation is 2. The molecule has 1 N–H and O–H groups in total. The molecular weight excluding hydrogens is 529 g/mol. The van der Waals surface area contributed by atoms with E-state index in [1.807, 2.05) is 52.0 Å². The Hall–Kier alpha value is -3.72. The number of amides is 2. The summed E-state index contributed by atoms with van der Waals surface area (Å²) in [5.74, 6) is -1.37. The van der Waals surface area contributed by atoms with Crippen molar-refractivity contribution in [3.8, 4) is 0 Å². The summed E-state index contributed by atoms with van der Waals surface area (Å²) in [5.41, 5.74) is 3.03. The van der Waals surface area contributed by atoms with Crippen LogP contribution in [0.2, 0.25) is 0 Å². The summed E-state index contributed by atoms with van der Waals surface area (Å²) in [6, 6.07) is 18.1. The largest absolute Gasteiger partial charge is 0.354 e. The van der Waals surface area contributed by atoms with Gasteiger partial charge in [0.05, 0.1) is 10.6 Å². The zero-order valence-electron chi connectivity index (χ0n) is 23.6. The third-order valence-electron chi connectivity index (χ3n) is 6.82. The first kappa shape index (κ1) is 30.8. The number of hydrogen-bond donors (Lipinski definition) is 1. The molecule has 214 valence electrons. The Bertz CT molecular complexity index is 1390. The number of carbonyl (C=O) groups is 2. The van der Waals surface area contributed by atoms with Crippen molar-refractivity contribution in [2.45, 2.75) is 64.4 Å². The van der Waals surface area contributed by atoms with Gasteiger partial charge in [-0.2, -0.15) is 0 Å². The van der Waals surface area contributed by atoms with E-state index in [2.05, 4.69) is 5.32 Å². The lowest BCUT2D eigenvalue weighted by Gasteiger charge is -2.33. The van der Waals surface area contributed by atoms with Crippen LogP contribution in [0.5, 0.6) is 0 Å². The standard InChI is InChI=1S/C31H38FN3O4S/c1-5-7-20-33-31(37)29(6-2)34(21-25-11-9-8-10-24(25)4)30(36)22-35(27-16-12-23(3)13-17-27)40(38,39)28-18-14-26(32)15-19-28/h8-19,29H,5-7,20-22H2,1-4H3,(H,33,37)/t29-/m0/s1. The summed E-state index contributed by atoms with van der Waals surface area (Å²) in [6.45, 7) is 7.76. The summed E-state index contributed by atoms with van der Waals surface area (Å²) >= 11 is 0. The number of halogens is 1. The lowest BCUT2D eigenvalue weighted by Crippen LogP contribution is -2.52. The molecule has 3 aromatic rings. The highest BCUT2D eigenvalue weighted by Crippen LogP contribution is 2.25. The first-order valence-corrected chi connectivity index (χ1v) is 15.0. The number of unbranched alkanes of at least 4 members (excludes halogenated alkanes) is 1. The topological polar surface area (TPSA) is 86.8 Å². The number of carbonyl (C=O) groups excluding carboxylic acids is 2. The van der Waals surface area contributed by atoms with E-state index in [1.54, 1.807) is 24.3 Å². The Labute approximate surface area is 237 Å². The van der Waals surface area contributed by atoms with Gasteiger partial charge in [-0.15, -0.1) is 0 Å². The molecule has 0 aliphatic heterocycles. The van der Waals surface area contributed by atoms with Crippen molar-refractivity contribution in [3.05, 3.63) is 95.3 Å². The van der Waals surface area contributed by atoms with Gasteiger partial charge in [0.1, 0.15) is 18.4 Å². The Morgan fingerprint density at radius 3 is 2.17 bits per heavy atom. The van der Waals surface area contributed by atoms with Gasteiger partial charge in [0.15, 0.2) is 0 Å². The van der Waals surface area contributed by atoms with Gasteiger partial charge in [0, 0.05) is 13.1 Å². The molecule has 0 radical (unpaired) electrons. The number of anilines is 1. The third-order valence-corrected chi connectivity index (χ3v) is 8.61. The number of nitrogens with zero attached hydrogens (tertiary/aromatic N) is 2. The second-order valence-corrected chi connectivity index (χ2v) is 11.7. The summed E-state index contributed by atoms with van der Waals surface area (Å²) < 4.78 is 42.2. The van der Waals surface area contributed by atoms with Gasteiger partial charge in [0.2, 0.25) is 11.8 Å². The van der Waals surface area contributed by atoms with Gasteiger partial charge in [-0.25, -0.2) is 12.8 Å². The van der Waals surface area contributed by atoms with Crippen LogP contribution < -0.4 is 9.62 Å². The second-order valence-electron chi connectivity index (χ2n) is 9.82. The smallest absolute Gasteiger partial charge is 0.264 e. The zero-order chi connectivity index (χ0) is 29.3. The fourth-order valence-corrected chi connectivity index (χ4v) is 5.78. The molecule has 0 unspecified atom stereocenters. The van der Waals surface area contributed by atoms with E-state index in [1.165, 1.54) is 17.0 Å². The summed E-state index contributed by atoms with van der Waals surface area (Å²) in [5, 5.41) is 2.92. The molecule has 0 aliphatic carbocycles. The van der Waals surface area contributed by atoms with Crippen LogP contribution in [0.4, 0.5) is 10.1 Å². The Morgan fingerprint density at radius 1 is 0.925 bits per heavy atom. The van der Waals surface area contributed by atoms with Crippen molar-refractivity contribution in [1.29, 1.82) is 0 Å². The van der Waals surface area contributed by atoms with Gasteiger partial charge < -0.3 is 10.2 Å². The van der Waals surface area contributed by atoms with Crippen LogP contribution in [0.15, 0.2) is 77.7 Å². The molecule has 3 aromatic carbocycles. The van der Waals surface area contributed by atoms with E-state index in [4.69, 9.17) is 0 Å². The molecule has 0 saturated carbocycles. The Balaban J connectivity index is 2.04. The summed E-state index contributed by atoms with van der Waals surface area (Å²) in [4.78, 5) is 28.6. The molecule has 0 aliphatic rings. The maximum atomic E-state index is 14.1. The minimum atomic E-state index is -4.24. The van der Waals surface area contributed by atoms with Crippen LogP contribution in [0, 0.1) is 19.7 Å². The molecule has 1 atom stereocenters. The summed E-state index contributed by atoms with van der Waals surface area (Å²) in [6.07, 6.45) is 2.07. The number of sulfonamides is 1. The molecule has 0 spiro atoms. The third kappa shape index (κ3) is 7.69. The van der Waals surface area contributed by atoms with Crippen LogP contribution in [-0.2, 0) is 26.2 Å². The first-order chi connectivity index (χ1) is 19.1. The fraction of sp³-hybridized carbons (Fsp3) is 0.355. The average molecular weight is 568 g/mol. The van der Waals surface area contributed by atoms with Crippen LogP contribution in [-0.4, -0.2) is 44.3 Å². The SMILES string of the molecule is CCCCNC(=O)[C@H](CC)N(Cc1ccccc1C)C(=O)CN(c1ccc(C)cc1)S(=O)(=O)c1ccc(F)cc1. The number of hydrogen-bond acceptors (Lipinski definition) is 4. The first-order valence-electron chi connectivity index (χ1n) is 13.5. The lowest BCUT2D eigenvalue weighted by molar-refractivity contribution is -0.140. The molecule has 0 bridgehead atoms. The van der Waals surface area contributed by atoms with Gasteiger partial charge in [-0.3, -0.25) is 13.9 Å². The van der Waals surface area contributed by atoms with Crippen molar-refractivity contribution >= 4 is 27.5 Å². The van der Waals surface area contributed by atoms with Crippen molar-refractivity contribution in [2.75, 3.05) is 17.4 Å². The van der Waals surface area contributed by atoms with E-state index < -0.39 is 34.3 Å². The minimum absolute atomic E-state index is 0.142. The highest BCUT2D eigenvalue weighted by molar-refractivity contribution is 7.92. The predicted octanol–water partition coefficient (Wildman–Crippen LogP) is 5.36. The number of nitrogens with one attached hydrogen (secondary N) is 1. The second kappa shape index (κ2) is 14.1. The van der Waals surface area contributed by atoms with Gasteiger partial charge in [-0.1, -0.05) is 62.2 Å². The Morgan fingerprint density at radius 2 is 1.57 bits per heavy atom. The maximum absolute atomic E-state index is 14.1.